The van der Waals surface area contributed by atoms with Crippen molar-refractivity contribution in [3.63, 3.8) is 0 Å². The average molecular weight is 423 g/mol. The molecule has 0 unspecified atom stereocenters. The summed E-state index contributed by atoms with van der Waals surface area (Å²) in [6.45, 7) is 1.80. The van der Waals surface area contributed by atoms with Crippen LogP contribution in [0.3, 0.4) is 0 Å². The van der Waals surface area contributed by atoms with Gasteiger partial charge in [0.2, 0.25) is 5.95 Å². The summed E-state index contributed by atoms with van der Waals surface area (Å²) in [5.74, 6) is 0.729. The van der Waals surface area contributed by atoms with E-state index < -0.39 is 12.0 Å². The first-order valence-electron chi connectivity index (χ1n) is 8.92. The highest BCUT2D eigenvalue weighted by Crippen LogP contribution is 2.30. The quantitative estimate of drug-likeness (QED) is 0.394. The molecule has 2 aromatic rings. The molecule has 1 aliphatic heterocycles. The van der Waals surface area contributed by atoms with Crippen molar-refractivity contribution in [2.45, 2.75) is 12.5 Å². The van der Waals surface area contributed by atoms with Crippen molar-refractivity contribution in [1.29, 1.82) is 0 Å². The smallest absolute Gasteiger partial charge is 0.254 e. The van der Waals surface area contributed by atoms with Gasteiger partial charge in [0, 0.05) is 38.7 Å². The van der Waals surface area contributed by atoms with E-state index in [-0.39, 0.29) is 25.7 Å². The van der Waals surface area contributed by atoms with Crippen molar-refractivity contribution in [3.8, 4) is 5.75 Å². The molecule has 0 aliphatic carbocycles. The maximum absolute atomic E-state index is 11.6. The van der Waals surface area contributed by atoms with Crippen LogP contribution in [-0.2, 0) is 4.74 Å². The molecule has 0 radical (unpaired) electrons. The fourth-order valence-electron chi connectivity index (χ4n) is 2.65. The van der Waals surface area contributed by atoms with Gasteiger partial charge in [0.05, 0.1) is 11.3 Å². The Bertz CT molecular complexity index is 838. The zero-order valence-electron chi connectivity index (χ0n) is 16.1. The summed E-state index contributed by atoms with van der Waals surface area (Å²) in [5, 5.41) is 19.0. The van der Waals surface area contributed by atoms with E-state index in [1.807, 2.05) is 12.1 Å². The summed E-state index contributed by atoms with van der Waals surface area (Å²) in [6, 6.07) is 5.45. The van der Waals surface area contributed by atoms with Crippen molar-refractivity contribution in [2.75, 3.05) is 49.4 Å². The Balaban J connectivity index is 0.00000300. The molecule has 2 heterocycles. The summed E-state index contributed by atoms with van der Waals surface area (Å²) in [4.78, 5) is 20.1. The first-order valence-corrected chi connectivity index (χ1v) is 8.92. The number of primary amides is 1. The number of carbonyl (C=O) groups excluding carboxylic acids is 1. The molecule has 1 aromatic heterocycles. The van der Waals surface area contributed by atoms with Crippen LogP contribution in [0.15, 0.2) is 24.4 Å². The van der Waals surface area contributed by atoms with E-state index in [9.17, 15) is 9.90 Å². The average Bonchev–Trinajstić information content (AvgIpc) is 2.87. The Hall–Kier alpha value is -2.76. The minimum atomic E-state index is -0.606. The largest absolute Gasteiger partial charge is 0.489 e. The molecular formula is C18H26N6O4S. The van der Waals surface area contributed by atoms with E-state index in [2.05, 4.69) is 25.9 Å². The molecular weight excluding hydrogens is 396 g/mol. The molecule has 1 atom stereocenters. The number of methoxy groups -OCH3 is 1. The van der Waals surface area contributed by atoms with Crippen LogP contribution in [-0.4, -0.2) is 60.5 Å². The van der Waals surface area contributed by atoms with Gasteiger partial charge in [-0.25, -0.2) is 4.98 Å². The Kier molecular flexibility index (Phi) is 8.31. The molecule has 0 saturated carbocycles. The molecule has 11 heteroatoms. The number of aliphatic hydroxyl groups is 1. The number of aromatic nitrogens is 2. The molecule has 158 valence electrons. The van der Waals surface area contributed by atoms with Crippen molar-refractivity contribution >= 4 is 42.5 Å². The molecule has 0 spiro atoms. The number of β-amino-alcohol motifs (C(OH)–C–C–N with tert-alkyl or cyclic N) is 1. The minimum Gasteiger partial charge on any atom is -0.489 e. The van der Waals surface area contributed by atoms with Crippen LogP contribution >= 0.6 is 13.5 Å². The summed E-state index contributed by atoms with van der Waals surface area (Å²) >= 11 is 0. The van der Waals surface area contributed by atoms with Gasteiger partial charge < -0.3 is 36.3 Å². The van der Waals surface area contributed by atoms with Crippen LogP contribution in [0.1, 0.15) is 16.8 Å². The number of nitrogens with one attached hydrogen (secondary N) is 3. The number of nitrogens with two attached hydrogens (primary N) is 1. The number of anilines is 4. The number of carbonyl (C=O) groups is 1. The van der Waals surface area contributed by atoms with Gasteiger partial charge in [-0.1, -0.05) is 0 Å². The van der Waals surface area contributed by atoms with Crippen molar-refractivity contribution in [3.05, 3.63) is 30.0 Å². The summed E-state index contributed by atoms with van der Waals surface area (Å²) in [7, 11) is 1.63. The molecule has 1 aliphatic rings. The van der Waals surface area contributed by atoms with Crippen molar-refractivity contribution in [1.82, 2.24) is 9.97 Å². The zero-order valence-corrected chi connectivity index (χ0v) is 17.1. The molecule has 10 nitrogen and oxygen atoms in total. The lowest BCUT2D eigenvalue weighted by Crippen LogP contribution is -2.23. The second kappa shape index (κ2) is 10.7. The third-order valence-electron chi connectivity index (χ3n) is 4.07. The fraction of sp³-hybridized carbons (Fsp3) is 0.389. The van der Waals surface area contributed by atoms with Gasteiger partial charge >= 0.3 is 0 Å². The number of ether oxygens (including phenoxy) is 2. The predicted octanol–water partition coefficient (Wildman–Crippen LogP) is 1.05. The maximum atomic E-state index is 11.6. The van der Waals surface area contributed by atoms with Crippen LogP contribution in [0.25, 0.3) is 0 Å². The molecule has 1 aromatic carbocycles. The van der Waals surface area contributed by atoms with E-state index in [1.165, 1.54) is 6.20 Å². The SMILES string of the molecule is COCCCNc1nc(Nc2ccc3c(c2)NC[C@H](O)CO3)ncc1C(N)=O.S. The fourth-order valence-corrected chi connectivity index (χ4v) is 2.65. The topological polar surface area (TPSA) is 144 Å². The van der Waals surface area contributed by atoms with Crippen LogP contribution in [0, 0.1) is 0 Å². The number of rotatable bonds is 8. The molecule has 1 amide bonds. The van der Waals surface area contributed by atoms with Gasteiger partial charge in [0.1, 0.15) is 24.3 Å². The Morgan fingerprint density at radius 3 is 3.07 bits per heavy atom. The number of hydrogen-bond donors (Lipinski definition) is 5. The van der Waals surface area contributed by atoms with Gasteiger partial charge in [-0.15, -0.1) is 0 Å². The van der Waals surface area contributed by atoms with Gasteiger partial charge in [-0.2, -0.15) is 18.5 Å². The molecule has 6 N–H and O–H groups in total. The highest BCUT2D eigenvalue weighted by molar-refractivity contribution is 7.59. The standard InChI is InChI=1S/C18H24N6O4.H2S/c1-27-6-2-5-20-17-13(16(19)26)9-22-18(24-17)23-11-3-4-15-14(7-11)21-8-12(25)10-28-15;/h3-4,7,9,12,21,25H,2,5-6,8,10H2,1H3,(H2,19,26)(H2,20,22,23,24);1H2/t12-;/m0./s1. The predicted molar refractivity (Wildman–Crippen MR) is 116 cm³/mol. The van der Waals surface area contributed by atoms with Gasteiger partial charge in [0.15, 0.2) is 0 Å². The lowest BCUT2D eigenvalue weighted by Gasteiger charge is -2.13. The van der Waals surface area contributed by atoms with E-state index in [4.69, 9.17) is 15.2 Å². The van der Waals surface area contributed by atoms with Crippen LogP contribution in [0.5, 0.6) is 5.75 Å². The number of aliphatic hydroxyl groups excluding tert-OH is 1. The summed E-state index contributed by atoms with van der Waals surface area (Å²) in [6.07, 6.45) is 1.57. The van der Waals surface area contributed by atoms with E-state index in [0.29, 0.717) is 37.2 Å². The molecule has 0 fully saturated rings. The number of benzene rings is 1. The number of hydrogen-bond acceptors (Lipinski definition) is 9. The van der Waals surface area contributed by atoms with E-state index in [1.54, 1.807) is 13.2 Å². The first-order chi connectivity index (χ1) is 13.6. The maximum Gasteiger partial charge on any atom is 0.254 e. The molecule has 29 heavy (non-hydrogen) atoms. The van der Waals surface area contributed by atoms with Gasteiger partial charge in [-0.3, -0.25) is 4.79 Å². The number of amides is 1. The first kappa shape index (κ1) is 22.5. The Labute approximate surface area is 175 Å². The van der Waals surface area contributed by atoms with Crippen molar-refractivity contribution in [2.24, 2.45) is 5.73 Å². The highest BCUT2D eigenvalue weighted by atomic mass is 32.1. The van der Waals surface area contributed by atoms with Gasteiger partial charge in [0.25, 0.3) is 5.91 Å². The van der Waals surface area contributed by atoms with E-state index in [0.717, 1.165) is 17.8 Å². The Morgan fingerprint density at radius 1 is 1.48 bits per heavy atom. The monoisotopic (exact) mass is 422 g/mol. The molecule has 3 rings (SSSR count). The van der Waals surface area contributed by atoms with Gasteiger partial charge in [-0.05, 0) is 24.6 Å². The second-order valence-corrected chi connectivity index (χ2v) is 6.27. The lowest BCUT2D eigenvalue weighted by atomic mass is 10.2. The summed E-state index contributed by atoms with van der Waals surface area (Å²) in [5.41, 5.74) is 7.10. The number of nitrogens with zero attached hydrogens (tertiary/aromatic N) is 2. The van der Waals surface area contributed by atoms with E-state index >= 15 is 0 Å². The second-order valence-electron chi connectivity index (χ2n) is 6.27. The highest BCUT2D eigenvalue weighted by Gasteiger charge is 2.16. The zero-order chi connectivity index (χ0) is 19.9. The Morgan fingerprint density at radius 2 is 2.31 bits per heavy atom. The third-order valence-corrected chi connectivity index (χ3v) is 4.07. The van der Waals surface area contributed by atoms with Crippen LogP contribution in [0.2, 0.25) is 0 Å². The normalized spacial score (nSPS) is 15.0. The molecule has 0 saturated heterocycles. The van der Waals surface area contributed by atoms with Crippen molar-refractivity contribution < 1.29 is 19.4 Å². The van der Waals surface area contributed by atoms with Crippen LogP contribution < -0.4 is 26.4 Å². The lowest BCUT2D eigenvalue weighted by molar-refractivity contribution is 0.100. The number of fused-ring (bicyclic) bond motifs is 1. The third kappa shape index (κ3) is 6.11. The van der Waals surface area contributed by atoms with Crippen LogP contribution in [0.4, 0.5) is 23.1 Å². The molecule has 0 bridgehead atoms. The minimum absolute atomic E-state index is 0. The summed E-state index contributed by atoms with van der Waals surface area (Å²) < 4.78 is 10.6.